The second-order valence-corrected chi connectivity index (χ2v) is 4.47. The lowest BCUT2D eigenvalue weighted by molar-refractivity contribution is -0.137. The molecule has 0 saturated carbocycles. The topological polar surface area (TPSA) is 66.4 Å². The van der Waals surface area contributed by atoms with E-state index in [4.69, 9.17) is 16.7 Å². The first-order valence-electron chi connectivity index (χ1n) is 5.97. The van der Waals surface area contributed by atoms with Crippen LogP contribution in [0.5, 0.6) is 0 Å². The summed E-state index contributed by atoms with van der Waals surface area (Å²) in [5.41, 5.74) is 0.741. The normalized spacial score (nSPS) is 12.3. The second-order valence-electron chi connectivity index (χ2n) is 4.07. The van der Waals surface area contributed by atoms with Gasteiger partial charge in [0.25, 0.3) is 0 Å². The fourth-order valence-electron chi connectivity index (χ4n) is 1.53. The average Bonchev–Trinajstić information content (AvgIpc) is 2.36. The number of halogens is 1. The Kier molecular flexibility index (Phi) is 6.09. The van der Waals surface area contributed by atoms with Crippen molar-refractivity contribution in [3.8, 4) is 0 Å². The third kappa shape index (κ3) is 5.57. The number of benzene rings is 1. The lowest BCUT2D eigenvalue weighted by Gasteiger charge is -2.12. The molecule has 0 bridgehead atoms. The summed E-state index contributed by atoms with van der Waals surface area (Å²) in [6.07, 6.45) is 3.44. The largest absolute Gasteiger partial charge is 0.481 e. The molecule has 4 nitrogen and oxygen atoms in total. The van der Waals surface area contributed by atoms with Gasteiger partial charge in [-0.2, -0.15) is 0 Å². The van der Waals surface area contributed by atoms with E-state index in [1.54, 1.807) is 24.3 Å². The van der Waals surface area contributed by atoms with Gasteiger partial charge in [0, 0.05) is 17.1 Å². The van der Waals surface area contributed by atoms with E-state index < -0.39 is 5.97 Å². The lowest BCUT2D eigenvalue weighted by atomic mass is 10.1. The third-order valence-corrected chi connectivity index (χ3v) is 2.92. The van der Waals surface area contributed by atoms with E-state index in [9.17, 15) is 9.59 Å². The van der Waals surface area contributed by atoms with Gasteiger partial charge < -0.3 is 10.4 Å². The highest BCUT2D eigenvalue weighted by molar-refractivity contribution is 6.32. The van der Waals surface area contributed by atoms with Gasteiger partial charge in [-0.3, -0.25) is 9.59 Å². The van der Waals surface area contributed by atoms with E-state index >= 15 is 0 Å². The zero-order valence-corrected chi connectivity index (χ0v) is 11.4. The summed E-state index contributed by atoms with van der Waals surface area (Å²) < 4.78 is 0. The minimum atomic E-state index is -0.928. The van der Waals surface area contributed by atoms with Gasteiger partial charge in [-0.25, -0.2) is 0 Å². The van der Waals surface area contributed by atoms with Gasteiger partial charge in [0.2, 0.25) is 5.91 Å². The van der Waals surface area contributed by atoms with Crippen LogP contribution in [-0.4, -0.2) is 23.0 Å². The molecule has 0 aromatic heterocycles. The molecule has 0 aliphatic carbocycles. The van der Waals surface area contributed by atoms with Gasteiger partial charge in [0.15, 0.2) is 0 Å². The van der Waals surface area contributed by atoms with Gasteiger partial charge in [-0.15, -0.1) is 0 Å². The van der Waals surface area contributed by atoms with Crippen molar-refractivity contribution >= 4 is 29.6 Å². The van der Waals surface area contributed by atoms with Crippen molar-refractivity contribution in [2.45, 2.75) is 25.8 Å². The first kappa shape index (κ1) is 15.2. The molecule has 0 radical (unpaired) electrons. The fourth-order valence-corrected chi connectivity index (χ4v) is 1.73. The summed E-state index contributed by atoms with van der Waals surface area (Å²) in [4.78, 5) is 22.2. The minimum Gasteiger partial charge on any atom is -0.481 e. The Bertz CT molecular complexity index is 485. The van der Waals surface area contributed by atoms with E-state index in [2.05, 4.69) is 5.32 Å². The standard InChI is InChI=1S/C14H16ClNO3/c1-2-11(9-14(18)19)16-13(17)8-7-10-5-3-4-6-12(10)15/h3-8,11H,2,9H2,1H3,(H,16,17)(H,18,19)/b8-7+. The predicted molar refractivity (Wildman–Crippen MR) is 75.0 cm³/mol. The van der Waals surface area contributed by atoms with Crippen LogP contribution in [0.3, 0.4) is 0 Å². The Morgan fingerprint density at radius 3 is 2.68 bits per heavy atom. The van der Waals surface area contributed by atoms with Crippen LogP contribution >= 0.6 is 11.6 Å². The zero-order valence-electron chi connectivity index (χ0n) is 10.6. The van der Waals surface area contributed by atoms with E-state index in [0.29, 0.717) is 11.4 Å². The zero-order chi connectivity index (χ0) is 14.3. The number of carbonyl (C=O) groups excluding carboxylic acids is 1. The minimum absolute atomic E-state index is 0.0812. The Balaban J connectivity index is 2.59. The van der Waals surface area contributed by atoms with Crippen LogP contribution in [0.1, 0.15) is 25.3 Å². The first-order valence-corrected chi connectivity index (χ1v) is 6.35. The molecule has 1 aromatic carbocycles. The Labute approximate surface area is 117 Å². The summed E-state index contributed by atoms with van der Waals surface area (Å²) in [5, 5.41) is 11.9. The maximum absolute atomic E-state index is 11.6. The number of carboxylic acid groups (broad SMARTS) is 1. The number of rotatable bonds is 6. The van der Waals surface area contributed by atoms with Crippen LogP contribution < -0.4 is 5.32 Å². The number of hydrogen-bond donors (Lipinski definition) is 2. The van der Waals surface area contributed by atoms with E-state index in [1.165, 1.54) is 6.08 Å². The molecule has 0 aliphatic heterocycles. The summed E-state index contributed by atoms with van der Waals surface area (Å²) in [5.74, 6) is -1.25. The van der Waals surface area contributed by atoms with Crippen LogP contribution in [0.4, 0.5) is 0 Å². The van der Waals surface area contributed by atoms with Gasteiger partial charge in [0.05, 0.1) is 6.42 Å². The summed E-state index contributed by atoms with van der Waals surface area (Å²) in [7, 11) is 0. The SMILES string of the molecule is CCC(CC(=O)O)NC(=O)/C=C/c1ccccc1Cl. The molecule has 1 aromatic rings. The fraction of sp³-hybridized carbons (Fsp3) is 0.286. The summed E-state index contributed by atoms with van der Waals surface area (Å²) in [6, 6.07) is 6.79. The van der Waals surface area contributed by atoms with E-state index in [-0.39, 0.29) is 18.4 Å². The molecule has 0 fully saturated rings. The van der Waals surface area contributed by atoms with Crippen molar-refractivity contribution in [2.75, 3.05) is 0 Å². The van der Waals surface area contributed by atoms with Crippen molar-refractivity contribution in [2.24, 2.45) is 0 Å². The van der Waals surface area contributed by atoms with Gasteiger partial charge in [0.1, 0.15) is 0 Å². The molecule has 0 aliphatic rings. The molecular formula is C14H16ClNO3. The number of aliphatic carboxylic acids is 1. The molecule has 1 rings (SSSR count). The molecule has 1 unspecified atom stereocenters. The quantitative estimate of drug-likeness (QED) is 0.788. The lowest BCUT2D eigenvalue weighted by Crippen LogP contribution is -2.34. The highest BCUT2D eigenvalue weighted by Gasteiger charge is 2.12. The Morgan fingerprint density at radius 1 is 1.42 bits per heavy atom. The molecule has 1 atom stereocenters. The van der Waals surface area contributed by atoms with Crippen molar-refractivity contribution in [1.29, 1.82) is 0 Å². The molecular weight excluding hydrogens is 266 g/mol. The van der Waals surface area contributed by atoms with Gasteiger partial charge in [-0.1, -0.05) is 36.7 Å². The molecule has 5 heteroatoms. The van der Waals surface area contributed by atoms with Crippen molar-refractivity contribution in [3.63, 3.8) is 0 Å². The molecule has 1 amide bonds. The molecule has 102 valence electrons. The van der Waals surface area contributed by atoms with Gasteiger partial charge >= 0.3 is 5.97 Å². The molecule has 0 heterocycles. The number of hydrogen-bond acceptors (Lipinski definition) is 2. The van der Waals surface area contributed by atoms with E-state index in [1.807, 2.05) is 13.0 Å². The summed E-state index contributed by atoms with van der Waals surface area (Å²) in [6.45, 7) is 1.83. The smallest absolute Gasteiger partial charge is 0.305 e. The van der Waals surface area contributed by atoms with Crippen LogP contribution in [0.25, 0.3) is 6.08 Å². The van der Waals surface area contributed by atoms with E-state index in [0.717, 1.165) is 5.56 Å². The van der Waals surface area contributed by atoms with Crippen molar-refractivity contribution < 1.29 is 14.7 Å². The van der Waals surface area contributed by atoms with Crippen molar-refractivity contribution in [1.82, 2.24) is 5.32 Å². The number of carboxylic acids is 1. The number of carbonyl (C=O) groups is 2. The predicted octanol–water partition coefficient (Wildman–Crippen LogP) is 2.72. The molecule has 0 spiro atoms. The van der Waals surface area contributed by atoms with Crippen LogP contribution in [0.15, 0.2) is 30.3 Å². The van der Waals surface area contributed by atoms with Crippen LogP contribution in [0, 0.1) is 0 Å². The summed E-state index contributed by atoms with van der Waals surface area (Å²) >= 11 is 5.95. The first-order chi connectivity index (χ1) is 9.02. The highest BCUT2D eigenvalue weighted by Crippen LogP contribution is 2.16. The monoisotopic (exact) mass is 281 g/mol. The molecule has 0 saturated heterocycles. The van der Waals surface area contributed by atoms with Crippen LogP contribution in [0.2, 0.25) is 5.02 Å². The maximum Gasteiger partial charge on any atom is 0.305 e. The third-order valence-electron chi connectivity index (χ3n) is 2.58. The highest BCUT2D eigenvalue weighted by atomic mass is 35.5. The Morgan fingerprint density at radius 2 is 2.11 bits per heavy atom. The number of amides is 1. The van der Waals surface area contributed by atoms with Crippen LogP contribution in [-0.2, 0) is 9.59 Å². The number of nitrogens with one attached hydrogen (secondary N) is 1. The van der Waals surface area contributed by atoms with Gasteiger partial charge in [-0.05, 0) is 24.1 Å². The second kappa shape index (κ2) is 7.59. The maximum atomic E-state index is 11.6. The average molecular weight is 282 g/mol. The Hall–Kier alpha value is -1.81. The molecule has 19 heavy (non-hydrogen) atoms. The van der Waals surface area contributed by atoms with Crippen molar-refractivity contribution in [3.05, 3.63) is 40.9 Å². The molecule has 2 N–H and O–H groups in total.